The number of aryl methyl sites for hydroxylation is 1. The number of rotatable bonds is 2. The fourth-order valence-electron chi connectivity index (χ4n) is 2.99. The van der Waals surface area contributed by atoms with Crippen molar-refractivity contribution in [3.8, 4) is 5.75 Å². The van der Waals surface area contributed by atoms with E-state index in [0.717, 1.165) is 42.4 Å². The monoisotopic (exact) mass is 325 g/mol. The van der Waals surface area contributed by atoms with Gasteiger partial charge in [0.1, 0.15) is 5.75 Å². The lowest BCUT2D eigenvalue weighted by Crippen LogP contribution is -2.46. The van der Waals surface area contributed by atoms with Gasteiger partial charge in [-0.2, -0.15) is 0 Å². The molecule has 4 rings (SSSR count). The quantitative estimate of drug-likeness (QED) is 0.781. The van der Waals surface area contributed by atoms with Gasteiger partial charge < -0.3 is 14.9 Å². The zero-order valence-corrected chi connectivity index (χ0v) is 13.9. The Morgan fingerprint density at radius 2 is 1.74 bits per heavy atom. The second kappa shape index (κ2) is 5.74. The molecule has 118 valence electrons. The van der Waals surface area contributed by atoms with Gasteiger partial charge in [0.2, 0.25) is 0 Å². The maximum absolute atomic E-state index is 9.67. The lowest BCUT2D eigenvalue weighted by atomic mass is 10.1. The van der Waals surface area contributed by atoms with E-state index in [4.69, 9.17) is 4.98 Å². The Morgan fingerprint density at radius 1 is 1.00 bits per heavy atom. The number of hydrogen-bond acceptors (Lipinski definition) is 5. The van der Waals surface area contributed by atoms with Crippen LogP contribution in [0.3, 0.4) is 0 Å². The van der Waals surface area contributed by atoms with E-state index in [1.54, 1.807) is 17.4 Å². The van der Waals surface area contributed by atoms with Crippen LogP contribution in [-0.4, -0.2) is 36.3 Å². The van der Waals surface area contributed by atoms with E-state index in [2.05, 4.69) is 34.1 Å². The first-order valence-corrected chi connectivity index (χ1v) is 8.67. The number of aromatic nitrogens is 1. The number of hydrogen-bond donors (Lipinski definition) is 1. The van der Waals surface area contributed by atoms with Crippen LogP contribution in [0.1, 0.15) is 5.56 Å². The molecule has 1 N–H and O–H groups in total. The number of benzene rings is 2. The minimum Gasteiger partial charge on any atom is -0.508 e. The van der Waals surface area contributed by atoms with Gasteiger partial charge in [0.05, 0.1) is 10.2 Å². The van der Waals surface area contributed by atoms with E-state index in [1.165, 1.54) is 10.4 Å². The summed E-state index contributed by atoms with van der Waals surface area (Å²) in [6, 6.07) is 14.1. The summed E-state index contributed by atoms with van der Waals surface area (Å²) in [6.07, 6.45) is 0. The van der Waals surface area contributed by atoms with E-state index >= 15 is 0 Å². The number of aromatic hydroxyl groups is 1. The predicted molar refractivity (Wildman–Crippen MR) is 96.9 cm³/mol. The number of thiazole rings is 1. The highest BCUT2D eigenvalue weighted by Gasteiger charge is 2.20. The Bertz CT molecular complexity index is 804. The minimum absolute atomic E-state index is 0.363. The molecule has 0 amide bonds. The molecule has 1 aromatic heterocycles. The van der Waals surface area contributed by atoms with Crippen LogP contribution in [0.15, 0.2) is 42.5 Å². The number of anilines is 2. The van der Waals surface area contributed by atoms with E-state index in [-0.39, 0.29) is 0 Å². The molecule has 0 saturated carbocycles. The third-order valence-corrected chi connectivity index (χ3v) is 5.48. The Kier molecular flexibility index (Phi) is 3.58. The number of piperazine rings is 1. The summed E-state index contributed by atoms with van der Waals surface area (Å²) in [6.45, 7) is 5.83. The van der Waals surface area contributed by atoms with E-state index < -0.39 is 0 Å². The van der Waals surface area contributed by atoms with Crippen molar-refractivity contribution in [2.45, 2.75) is 6.92 Å². The van der Waals surface area contributed by atoms with Gasteiger partial charge in [0.15, 0.2) is 5.13 Å². The van der Waals surface area contributed by atoms with Crippen LogP contribution in [0, 0.1) is 6.92 Å². The largest absolute Gasteiger partial charge is 0.508 e. The highest BCUT2D eigenvalue weighted by atomic mass is 32.1. The summed E-state index contributed by atoms with van der Waals surface area (Å²) >= 11 is 1.77. The average Bonchev–Trinajstić information content (AvgIpc) is 3.02. The number of phenols is 1. The fraction of sp³-hybridized carbons (Fsp3) is 0.278. The van der Waals surface area contributed by atoms with Crippen molar-refractivity contribution >= 4 is 32.4 Å². The first kappa shape index (κ1) is 14.3. The molecule has 0 atom stereocenters. The number of fused-ring (bicyclic) bond motifs is 1. The molecule has 0 aliphatic carbocycles. The maximum atomic E-state index is 9.67. The third-order valence-electron chi connectivity index (χ3n) is 4.38. The molecule has 2 heterocycles. The van der Waals surface area contributed by atoms with E-state index in [1.807, 2.05) is 19.1 Å². The number of para-hydroxylation sites is 1. The van der Waals surface area contributed by atoms with Crippen LogP contribution < -0.4 is 9.80 Å². The molecule has 2 aromatic carbocycles. The van der Waals surface area contributed by atoms with Gasteiger partial charge >= 0.3 is 0 Å². The Labute approximate surface area is 139 Å². The van der Waals surface area contributed by atoms with Gasteiger partial charge in [0, 0.05) is 31.9 Å². The van der Waals surface area contributed by atoms with Crippen molar-refractivity contribution in [3.05, 3.63) is 48.0 Å². The van der Waals surface area contributed by atoms with Crippen LogP contribution in [0.25, 0.3) is 10.2 Å². The van der Waals surface area contributed by atoms with Crippen LogP contribution in [-0.2, 0) is 0 Å². The van der Waals surface area contributed by atoms with Gasteiger partial charge in [-0.15, -0.1) is 0 Å². The van der Waals surface area contributed by atoms with Crippen LogP contribution in [0.2, 0.25) is 0 Å². The topological polar surface area (TPSA) is 39.6 Å². The molecule has 0 radical (unpaired) electrons. The summed E-state index contributed by atoms with van der Waals surface area (Å²) < 4.78 is 1.25. The smallest absolute Gasteiger partial charge is 0.186 e. The number of nitrogens with zero attached hydrogens (tertiary/aromatic N) is 3. The van der Waals surface area contributed by atoms with Crippen molar-refractivity contribution < 1.29 is 5.11 Å². The van der Waals surface area contributed by atoms with Gasteiger partial charge in [-0.25, -0.2) is 4.98 Å². The second-order valence-corrected chi connectivity index (χ2v) is 6.92. The molecule has 4 nitrogen and oxygen atoms in total. The molecule has 1 aliphatic heterocycles. The SMILES string of the molecule is Cc1cc(N2CCN(c3nc4ccccc4s3)CC2)ccc1O. The first-order valence-electron chi connectivity index (χ1n) is 7.86. The lowest BCUT2D eigenvalue weighted by molar-refractivity contribution is 0.471. The standard InChI is InChI=1S/C18H19N3OS/c1-13-12-14(6-7-16(13)22)20-8-10-21(11-9-20)18-19-15-4-2-3-5-17(15)23-18/h2-7,12,22H,8-11H2,1H3. The highest BCUT2D eigenvalue weighted by Crippen LogP contribution is 2.30. The molecule has 0 spiro atoms. The zero-order chi connectivity index (χ0) is 15.8. The van der Waals surface area contributed by atoms with Crippen LogP contribution >= 0.6 is 11.3 Å². The maximum Gasteiger partial charge on any atom is 0.186 e. The molecule has 0 unspecified atom stereocenters. The third kappa shape index (κ3) is 2.72. The molecule has 5 heteroatoms. The van der Waals surface area contributed by atoms with Crippen molar-refractivity contribution in [1.82, 2.24) is 4.98 Å². The molecule has 0 bridgehead atoms. The summed E-state index contributed by atoms with van der Waals surface area (Å²) in [5.41, 5.74) is 3.20. The normalized spacial score (nSPS) is 15.3. The summed E-state index contributed by atoms with van der Waals surface area (Å²) in [5, 5.41) is 10.8. The van der Waals surface area contributed by atoms with Crippen LogP contribution in [0.4, 0.5) is 10.8 Å². The second-order valence-electron chi connectivity index (χ2n) is 5.91. The summed E-state index contributed by atoms with van der Waals surface area (Å²) in [7, 11) is 0. The van der Waals surface area contributed by atoms with Crippen molar-refractivity contribution in [2.24, 2.45) is 0 Å². The lowest BCUT2D eigenvalue weighted by Gasteiger charge is -2.36. The van der Waals surface area contributed by atoms with E-state index in [0.29, 0.717) is 5.75 Å². The molecule has 23 heavy (non-hydrogen) atoms. The van der Waals surface area contributed by atoms with Crippen LogP contribution in [0.5, 0.6) is 5.75 Å². The summed E-state index contributed by atoms with van der Waals surface area (Å²) in [4.78, 5) is 9.49. The van der Waals surface area contributed by atoms with Crippen molar-refractivity contribution in [2.75, 3.05) is 36.0 Å². The van der Waals surface area contributed by atoms with Gasteiger partial charge in [-0.05, 0) is 42.8 Å². The molecule has 3 aromatic rings. The van der Waals surface area contributed by atoms with Crippen molar-refractivity contribution in [3.63, 3.8) is 0 Å². The predicted octanol–water partition coefficient (Wildman–Crippen LogP) is 3.64. The minimum atomic E-state index is 0.363. The average molecular weight is 325 g/mol. The zero-order valence-electron chi connectivity index (χ0n) is 13.1. The molecular formula is C18H19N3OS. The number of phenolic OH excluding ortho intramolecular Hbond substituents is 1. The molecule has 1 aliphatic rings. The Balaban J connectivity index is 1.49. The van der Waals surface area contributed by atoms with Gasteiger partial charge in [0.25, 0.3) is 0 Å². The van der Waals surface area contributed by atoms with Crippen molar-refractivity contribution in [1.29, 1.82) is 0 Å². The van der Waals surface area contributed by atoms with Gasteiger partial charge in [-0.1, -0.05) is 23.5 Å². The van der Waals surface area contributed by atoms with E-state index in [9.17, 15) is 5.11 Å². The first-order chi connectivity index (χ1) is 11.2. The molecular weight excluding hydrogens is 306 g/mol. The Hall–Kier alpha value is -2.27. The molecule has 1 fully saturated rings. The highest BCUT2D eigenvalue weighted by molar-refractivity contribution is 7.22. The fourth-order valence-corrected chi connectivity index (χ4v) is 4.00. The Morgan fingerprint density at radius 3 is 2.48 bits per heavy atom. The summed E-state index contributed by atoms with van der Waals surface area (Å²) in [5.74, 6) is 0.363. The molecule has 1 saturated heterocycles. The van der Waals surface area contributed by atoms with Gasteiger partial charge in [-0.3, -0.25) is 0 Å².